The Labute approximate surface area is 97.9 Å². The van der Waals surface area contributed by atoms with Gasteiger partial charge in [0.25, 0.3) is 0 Å². The highest BCUT2D eigenvalue weighted by Crippen LogP contribution is 2.12. The van der Waals surface area contributed by atoms with Gasteiger partial charge in [-0.2, -0.15) is 0 Å². The van der Waals surface area contributed by atoms with Crippen molar-refractivity contribution in [3.05, 3.63) is 11.6 Å². The Morgan fingerprint density at radius 1 is 1.65 bits per heavy atom. The molecule has 92 valence electrons. The van der Waals surface area contributed by atoms with E-state index in [1.54, 1.807) is 13.0 Å². The monoisotopic (exact) mass is 240 g/mol. The lowest BCUT2D eigenvalue weighted by atomic mass is 10.0. The van der Waals surface area contributed by atoms with Crippen LogP contribution < -0.4 is 0 Å². The van der Waals surface area contributed by atoms with Crippen molar-refractivity contribution in [1.82, 2.24) is 4.90 Å². The van der Waals surface area contributed by atoms with Crippen molar-refractivity contribution in [2.45, 2.75) is 13.3 Å². The molecule has 0 bridgehead atoms. The molecule has 17 heavy (non-hydrogen) atoms. The molecule has 7 nitrogen and oxygen atoms in total. The van der Waals surface area contributed by atoms with Crippen molar-refractivity contribution in [3.8, 4) is 0 Å². The quantitative estimate of drug-likeness (QED) is 0.325. The van der Waals surface area contributed by atoms with Gasteiger partial charge in [0.1, 0.15) is 0 Å². The summed E-state index contributed by atoms with van der Waals surface area (Å²) in [5, 5.41) is 8.75. The summed E-state index contributed by atoms with van der Waals surface area (Å²) in [5.74, 6) is -0.641. The zero-order chi connectivity index (χ0) is 12.8. The number of amides is 1. The lowest BCUT2D eigenvalue weighted by Gasteiger charge is -2.21. The van der Waals surface area contributed by atoms with Gasteiger partial charge in [0.2, 0.25) is 0 Å². The fraction of sp³-hybridized carbons (Fsp3) is 0.500. The summed E-state index contributed by atoms with van der Waals surface area (Å²) in [6.45, 7) is 2.37. The summed E-state index contributed by atoms with van der Waals surface area (Å²) < 4.78 is 4.76. The molecule has 0 atom stereocenters. The molecule has 0 radical (unpaired) electrons. The highest BCUT2D eigenvalue weighted by Gasteiger charge is 2.32. The molecule has 0 saturated carbocycles. The molecule has 1 aliphatic heterocycles. The largest absolute Gasteiger partial charge is 0.465 e. The van der Waals surface area contributed by atoms with E-state index in [-0.39, 0.29) is 18.9 Å². The Kier molecular flexibility index (Phi) is 4.42. The third kappa shape index (κ3) is 3.15. The number of ether oxygens (including phenoxy) is 1. The summed E-state index contributed by atoms with van der Waals surface area (Å²) in [4.78, 5) is 26.5. The topological polar surface area (TPSA) is 105 Å². The van der Waals surface area contributed by atoms with E-state index in [1.165, 1.54) is 4.90 Å². The average Bonchev–Trinajstić information content (AvgIpc) is 2.31. The van der Waals surface area contributed by atoms with Gasteiger partial charge in [-0.3, -0.25) is 0 Å². The standard InChI is InChI=1S/C10H13N3O4/c1-2-17-9(14)8(12-11)7-3-5-13(6-4-7)10(15)16/h3,11H,2,4-6H2,1H3/p+1. The lowest BCUT2D eigenvalue weighted by molar-refractivity contribution is -0.152. The average molecular weight is 240 g/mol. The van der Waals surface area contributed by atoms with Crippen LogP contribution in [0.1, 0.15) is 13.3 Å². The maximum Gasteiger partial charge on any atom is 0.451 e. The van der Waals surface area contributed by atoms with Crippen LogP contribution in [0.5, 0.6) is 0 Å². The summed E-state index contributed by atoms with van der Waals surface area (Å²) in [7, 11) is 0. The molecule has 0 aromatic carbocycles. The van der Waals surface area contributed by atoms with E-state index >= 15 is 0 Å². The predicted molar refractivity (Wildman–Crippen MR) is 56.9 cm³/mol. The van der Waals surface area contributed by atoms with Crippen LogP contribution in [0.25, 0.3) is 0 Å². The first-order valence-corrected chi connectivity index (χ1v) is 5.19. The van der Waals surface area contributed by atoms with Gasteiger partial charge in [-0.15, -0.1) is 0 Å². The van der Waals surface area contributed by atoms with Gasteiger partial charge < -0.3 is 14.7 Å². The summed E-state index contributed by atoms with van der Waals surface area (Å²) in [5.41, 5.74) is 7.48. The maximum atomic E-state index is 11.4. The maximum absolute atomic E-state index is 11.4. The van der Waals surface area contributed by atoms with Crippen LogP contribution in [0.2, 0.25) is 0 Å². The SMILES string of the molecule is CCOC(=O)C(=[N+]=N)C1=CCN(C(=O)O)CC1. The van der Waals surface area contributed by atoms with E-state index < -0.39 is 12.1 Å². The van der Waals surface area contributed by atoms with Crippen molar-refractivity contribution in [1.29, 1.82) is 5.53 Å². The second-order valence-electron chi connectivity index (χ2n) is 3.39. The van der Waals surface area contributed by atoms with Gasteiger partial charge in [-0.05, 0) is 13.3 Å². The number of nitrogens with one attached hydrogen (secondary N) is 1. The van der Waals surface area contributed by atoms with E-state index in [9.17, 15) is 9.59 Å². The second-order valence-corrected chi connectivity index (χ2v) is 3.39. The highest BCUT2D eigenvalue weighted by molar-refractivity contribution is 6.40. The van der Waals surface area contributed by atoms with E-state index in [0.29, 0.717) is 18.5 Å². The van der Waals surface area contributed by atoms with Gasteiger partial charge in [0, 0.05) is 13.1 Å². The molecule has 1 heterocycles. The lowest BCUT2D eigenvalue weighted by Crippen LogP contribution is -2.35. The van der Waals surface area contributed by atoms with E-state index in [1.807, 2.05) is 0 Å². The van der Waals surface area contributed by atoms with E-state index in [4.69, 9.17) is 15.4 Å². The number of esters is 1. The molecule has 1 aliphatic rings. The fourth-order valence-corrected chi connectivity index (χ4v) is 1.51. The number of rotatable bonds is 3. The third-order valence-corrected chi connectivity index (χ3v) is 2.36. The number of hydrogen-bond acceptors (Lipinski definition) is 4. The Morgan fingerprint density at radius 3 is 2.76 bits per heavy atom. The molecule has 1 amide bonds. The first kappa shape index (κ1) is 12.9. The molecule has 7 heteroatoms. The van der Waals surface area contributed by atoms with Gasteiger partial charge in [0.15, 0.2) is 0 Å². The van der Waals surface area contributed by atoms with Crippen LogP contribution in [-0.2, 0) is 9.53 Å². The van der Waals surface area contributed by atoms with Crippen molar-refractivity contribution in [3.63, 3.8) is 0 Å². The third-order valence-electron chi connectivity index (χ3n) is 2.36. The van der Waals surface area contributed by atoms with Gasteiger partial charge in [-0.25, -0.2) is 9.59 Å². The number of hydrogen-bond donors (Lipinski definition) is 2. The first-order chi connectivity index (χ1) is 8.10. The van der Waals surface area contributed by atoms with Crippen LogP contribution in [0, 0.1) is 5.53 Å². The summed E-state index contributed by atoms with van der Waals surface area (Å²) >= 11 is 0. The van der Waals surface area contributed by atoms with Crippen molar-refractivity contribution >= 4 is 17.8 Å². The minimum absolute atomic E-state index is 0.0445. The van der Waals surface area contributed by atoms with Crippen LogP contribution in [0.15, 0.2) is 11.6 Å². The van der Waals surface area contributed by atoms with Gasteiger partial charge >= 0.3 is 17.8 Å². The van der Waals surface area contributed by atoms with Crippen LogP contribution in [0.4, 0.5) is 4.79 Å². The second kappa shape index (κ2) is 5.81. The van der Waals surface area contributed by atoms with Crippen LogP contribution in [0.3, 0.4) is 0 Å². The minimum Gasteiger partial charge on any atom is -0.465 e. The minimum atomic E-state index is -0.999. The molecule has 1 rings (SSSR count). The molecule has 0 spiro atoms. The van der Waals surface area contributed by atoms with Crippen molar-refractivity contribution < 1.29 is 24.2 Å². The Balaban J connectivity index is 2.77. The molecular formula is C10H14N3O4+. The molecule has 0 aliphatic carbocycles. The van der Waals surface area contributed by atoms with Gasteiger partial charge in [-0.1, -0.05) is 6.08 Å². The smallest absolute Gasteiger partial charge is 0.451 e. The van der Waals surface area contributed by atoms with Crippen molar-refractivity contribution in [2.75, 3.05) is 19.7 Å². The molecule has 0 saturated heterocycles. The molecule has 2 N–H and O–H groups in total. The van der Waals surface area contributed by atoms with Gasteiger partial charge in [0.05, 0.1) is 22.5 Å². The predicted octanol–water partition coefficient (Wildman–Crippen LogP) is 0.540. The molecule has 0 fully saturated rings. The zero-order valence-corrected chi connectivity index (χ0v) is 9.47. The van der Waals surface area contributed by atoms with Crippen LogP contribution in [-0.4, -0.2) is 52.3 Å². The molecule has 0 aromatic heterocycles. The fourth-order valence-electron chi connectivity index (χ4n) is 1.51. The highest BCUT2D eigenvalue weighted by atomic mass is 16.5. The normalized spacial score (nSPS) is 14.6. The Bertz CT molecular complexity index is 410. The zero-order valence-electron chi connectivity index (χ0n) is 9.47. The summed E-state index contributed by atoms with van der Waals surface area (Å²) in [6, 6.07) is 0. The molecule has 0 unspecified atom stereocenters. The molecular weight excluding hydrogens is 226 g/mol. The number of carbonyl (C=O) groups is 2. The number of carbonyl (C=O) groups excluding carboxylic acids is 1. The number of nitrogens with zero attached hydrogens (tertiary/aromatic N) is 2. The Hall–Kier alpha value is -2.14. The Morgan fingerprint density at radius 2 is 2.35 bits per heavy atom. The van der Waals surface area contributed by atoms with Crippen LogP contribution >= 0.6 is 0 Å². The van der Waals surface area contributed by atoms with E-state index in [0.717, 1.165) is 0 Å². The number of carboxylic acid groups (broad SMARTS) is 1. The van der Waals surface area contributed by atoms with Crippen molar-refractivity contribution in [2.24, 2.45) is 0 Å². The summed E-state index contributed by atoms with van der Waals surface area (Å²) in [6.07, 6.45) is 0.950. The first-order valence-electron chi connectivity index (χ1n) is 5.19. The molecule has 0 aromatic rings. The van der Waals surface area contributed by atoms with E-state index in [2.05, 4.69) is 4.79 Å².